The first-order valence-corrected chi connectivity index (χ1v) is 7.01. The van der Waals surface area contributed by atoms with Crippen LogP contribution in [0, 0.1) is 5.92 Å². The SMILES string of the molecule is COCCN(Cc1cc(Br)ccc1O)CC(C)C. The van der Waals surface area contributed by atoms with Gasteiger partial charge in [0.05, 0.1) is 6.61 Å². The standard InChI is InChI=1S/C14H22BrNO2/c1-11(2)9-16(6-7-18-3)10-12-8-13(15)4-5-14(12)17/h4-5,8,11,17H,6-7,9-10H2,1-3H3. The fourth-order valence-electron chi connectivity index (χ4n) is 1.89. The molecule has 1 N–H and O–H groups in total. The van der Waals surface area contributed by atoms with Gasteiger partial charge >= 0.3 is 0 Å². The van der Waals surface area contributed by atoms with Crippen LogP contribution in [-0.4, -0.2) is 36.8 Å². The first-order valence-electron chi connectivity index (χ1n) is 6.21. The maximum absolute atomic E-state index is 9.86. The predicted molar refractivity (Wildman–Crippen MR) is 77.8 cm³/mol. The molecule has 0 bridgehead atoms. The Bertz CT molecular complexity index is 369. The third-order valence-electron chi connectivity index (χ3n) is 2.67. The van der Waals surface area contributed by atoms with Gasteiger partial charge in [0.25, 0.3) is 0 Å². The van der Waals surface area contributed by atoms with Crippen LogP contribution in [0.4, 0.5) is 0 Å². The quantitative estimate of drug-likeness (QED) is 0.838. The first-order chi connectivity index (χ1) is 8.52. The van der Waals surface area contributed by atoms with Crippen molar-refractivity contribution < 1.29 is 9.84 Å². The van der Waals surface area contributed by atoms with Crippen LogP contribution in [0.2, 0.25) is 0 Å². The van der Waals surface area contributed by atoms with Crippen molar-refractivity contribution in [2.24, 2.45) is 5.92 Å². The molecule has 0 amide bonds. The zero-order valence-corrected chi connectivity index (χ0v) is 12.9. The Morgan fingerprint density at radius 1 is 1.39 bits per heavy atom. The topological polar surface area (TPSA) is 32.7 Å². The van der Waals surface area contributed by atoms with Crippen LogP contribution in [0.3, 0.4) is 0 Å². The Hall–Kier alpha value is -0.580. The van der Waals surface area contributed by atoms with E-state index in [0.29, 0.717) is 18.3 Å². The number of hydrogen-bond acceptors (Lipinski definition) is 3. The molecule has 0 aliphatic carbocycles. The van der Waals surface area contributed by atoms with Crippen LogP contribution in [-0.2, 0) is 11.3 Å². The molecular weight excluding hydrogens is 294 g/mol. The Morgan fingerprint density at radius 2 is 2.11 bits per heavy atom. The van der Waals surface area contributed by atoms with E-state index in [9.17, 15) is 5.11 Å². The largest absolute Gasteiger partial charge is 0.508 e. The summed E-state index contributed by atoms with van der Waals surface area (Å²) >= 11 is 3.44. The number of ether oxygens (including phenoxy) is 1. The molecule has 1 aromatic carbocycles. The summed E-state index contributed by atoms with van der Waals surface area (Å²) in [6.45, 7) is 7.71. The predicted octanol–water partition coefficient (Wildman–Crippen LogP) is 3.26. The van der Waals surface area contributed by atoms with Gasteiger partial charge in [-0.2, -0.15) is 0 Å². The molecule has 102 valence electrons. The van der Waals surface area contributed by atoms with E-state index in [0.717, 1.165) is 29.7 Å². The van der Waals surface area contributed by atoms with E-state index in [4.69, 9.17) is 4.74 Å². The summed E-state index contributed by atoms with van der Waals surface area (Å²) in [6, 6.07) is 5.54. The van der Waals surface area contributed by atoms with Crippen LogP contribution in [0.25, 0.3) is 0 Å². The van der Waals surface area contributed by atoms with Crippen LogP contribution in [0.15, 0.2) is 22.7 Å². The molecule has 0 aliphatic heterocycles. The second-order valence-electron chi connectivity index (χ2n) is 4.89. The number of rotatable bonds is 7. The van der Waals surface area contributed by atoms with Crippen LogP contribution in [0.1, 0.15) is 19.4 Å². The normalized spacial score (nSPS) is 11.4. The number of aromatic hydroxyl groups is 1. The minimum atomic E-state index is 0.351. The molecule has 1 rings (SSSR count). The summed E-state index contributed by atoms with van der Waals surface area (Å²) in [5.41, 5.74) is 0.945. The average molecular weight is 316 g/mol. The summed E-state index contributed by atoms with van der Waals surface area (Å²) in [6.07, 6.45) is 0. The van der Waals surface area contributed by atoms with Gasteiger partial charge in [0, 0.05) is 36.8 Å². The van der Waals surface area contributed by atoms with Crippen molar-refractivity contribution in [2.75, 3.05) is 26.8 Å². The second-order valence-corrected chi connectivity index (χ2v) is 5.81. The molecular formula is C14H22BrNO2. The van der Waals surface area contributed by atoms with Gasteiger partial charge in [-0.3, -0.25) is 4.90 Å². The summed E-state index contributed by atoms with van der Waals surface area (Å²) < 4.78 is 6.12. The zero-order chi connectivity index (χ0) is 13.5. The Kier molecular flexibility index (Phi) is 6.68. The molecule has 0 saturated carbocycles. The van der Waals surface area contributed by atoms with Gasteiger partial charge < -0.3 is 9.84 Å². The number of benzene rings is 1. The molecule has 0 saturated heterocycles. The molecule has 0 spiro atoms. The fraction of sp³-hybridized carbons (Fsp3) is 0.571. The Morgan fingerprint density at radius 3 is 2.72 bits per heavy atom. The molecule has 4 heteroatoms. The number of methoxy groups -OCH3 is 1. The molecule has 0 fully saturated rings. The molecule has 0 unspecified atom stereocenters. The van der Waals surface area contributed by atoms with Gasteiger partial charge in [-0.15, -0.1) is 0 Å². The van der Waals surface area contributed by atoms with E-state index >= 15 is 0 Å². The van der Waals surface area contributed by atoms with E-state index in [1.165, 1.54) is 0 Å². The van der Waals surface area contributed by atoms with Crippen LogP contribution < -0.4 is 0 Å². The maximum atomic E-state index is 9.86. The van der Waals surface area contributed by atoms with Gasteiger partial charge in [0.1, 0.15) is 5.75 Å². The summed E-state index contributed by atoms with van der Waals surface area (Å²) in [4.78, 5) is 2.30. The average Bonchev–Trinajstić information content (AvgIpc) is 2.30. The fourth-order valence-corrected chi connectivity index (χ4v) is 2.30. The molecule has 3 nitrogen and oxygen atoms in total. The van der Waals surface area contributed by atoms with E-state index in [2.05, 4.69) is 34.7 Å². The second kappa shape index (κ2) is 7.77. The number of nitrogens with zero attached hydrogens (tertiary/aromatic N) is 1. The van der Waals surface area contributed by atoms with Gasteiger partial charge in [0.2, 0.25) is 0 Å². The summed E-state index contributed by atoms with van der Waals surface area (Å²) in [5.74, 6) is 0.945. The van der Waals surface area contributed by atoms with Gasteiger partial charge in [0.15, 0.2) is 0 Å². The first kappa shape index (κ1) is 15.5. The molecule has 0 aromatic heterocycles. The molecule has 0 radical (unpaired) electrons. The maximum Gasteiger partial charge on any atom is 0.120 e. The van der Waals surface area contributed by atoms with E-state index < -0.39 is 0 Å². The minimum Gasteiger partial charge on any atom is -0.508 e. The molecule has 0 aliphatic rings. The number of halogens is 1. The zero-order valence-electron chi connectivity index (χ0n) is 11.3. The van der Waals surface area contributed by atoms with E-state index in [-0.39, 0.29) is 0 Å². The smallest absolute Gasteiger partial charge is 0.120 e. The van der Waals surface area contributed by atoms with Crippen molar-refractivity contribution >= 4 is 15.9 Å². The summed E-state index contributed by atoms with van der Waals surface area (Å²) in [5, 5.41) is 9.86. The van der Waals surface area contributed by atoms with Crippen molar-refractivity contribution in [3.8, 4) is 5.75 Å². The van der Waals surface area contributed by atoms with Crippen LogP contribution in [0.5, 0.6) is 5.75 Å². The molecule has 0 heterocycles. The number of phenolic OH excluding ortho intramolecular Hbond substituents is 1. The van der Waals surface area contributed by atoms with Crippen molar-refractivity contribution in [3.63, 3.8) is 0 Å². The Balaban J connectivity index is 2.71. The van der Waals surface area contributed by atoms with Crippen molar-refractivity contribution in [2.45, 2.75) is 20.4 Å². The third-order valence-corrected chi connectivity index (χ3v) is 3.16. The molecule has 18 heavy (non-hydrogen) atoms. The van der Waals surface area contributed by atoms with Crippen molar-refractivity contribution in [1.29, 1.82) is 0 Å². The van der Waals surface area contributed by atoms with Crippen molar-refractivity contribution in [1.82, 2.24) is 4.90 Å². The highest BCUT2D eigenvalue weighted by atomic mass is 79.9. The number of phenols is 1. The van der Waals surface area contributed by atoms with Crippen molar-refractivity contribution in [3.05, 3.63) is 28.2 Å². The minimum absolute atomic E-state index is 0.351. The van der Waals surface area contributed by atoms with Gasteiger partial charge in [-0.25, -0.2) is 0 Å². The highest BCUT2D eigenvalue weighted by Gasteiger charge is 2.11. The van der Waals surface area contributed by atoms with Gasteiger partial charge in [-0.1, -0.05) is 29.8 Å². The summed E-state index contributed by atoms with van der Waals surface area (Å²) in [7, 11) is 1.71. The highest BCUT2D eigenvalue weighted by molar-refractivity contribution is 9.10. The van der Waals surface area contributed by atoms with E-state index in [1.54, 1.807) is 13.2 Å². The number of hydrogen-bond donors (Lipinski definition) is 1. The monoisotopic (exact) mass is 315 g/mol. The lowest BCUT2D eigenvalue weighted by atomic mass is 10.1. The third kappa shape index (κ3) is 5.38. The Labute approximate surface area is 118 Å². The van der Waals surface area contributed by atoms with Crippen LogP contribution >= 0.6 is 15.9 Å². The highest BCUT2D eigenvalue weighted by Crippen LogP contribution is 2.23. The van der Waals surface area contributed by atoms with E-state index in [1.807, 2.05) is 12.1 Å². The van der Waals surface area contributed by atoms with Gasteiger partial charge in [-0.05, 0) is 24.1 Å². The lowest BCUT2D eigenvalue weighted by Crippen LogP contribution is -2.30. The molecule has 1 aromatic rings. The lowest BCUT2D eigenvalue weighted by molar-refractivity contribution is 0.135. The molecule has 0 atom stereocenters. The lowest BCUT2D eigenvalue weighted by Gasteiger charge is -2.24.